The Balaban J connectivity index is 2.13. The minimum Gasteiger partial charge on any atom is -0.393 e. The zero-order chi connectivity index (χ0) is 16.8. The molecule has 0 aromatic rings. The quantitative estimate of drug-likeness (QED) is 0.666. The lowest BCUT2D eigenvalue weighted by atomic mass is 9.73. The van der Waals surface area contributed by atoms with Crippen LogP contribution in [-0.4, -0.2) is 17.0 Å². The number of Topliss-reactive ketones (excluding diaryl/α,β-unsaturated/α-hetero) is 1. The average Bonchev–Trinajstić information content (AvgIpc) is 2.55. The van der Waals surface area contributed by atoms with Gasteiger partial charge in [-0.05, 0) is 70.1 Å². The molecule has 1 N–H and O–H groups in total. The molecule has 0 aromatic carbocycles. The number of allylic oxidation sites excluding steroid dienone is 1. The van der Waals surface area contributed by atoms with Crippen molar-refractivity contribution in [3.8, 4) is 0 Å². The van der Waals surface area contributed by atoms with Crippen LogP contribution in [0.3, 0.4) is 0 Å². The molecule has 0 spiro atoms. The van der Waals surface area contributed by atoms with Gasteiger partial charge in [-0.2, -0.15) is 0 Å². The van der Waals surface area contributed by atoms with E-state index in [9.17, 15) is 9.90 Å². The second-order valence-corrected chi connectivity index (χ2v) is 8.29. The lowest BCUT2D eigenvalue weighted by Crippen LogP contribution is -2.23. The molecule has 0 heterocycles. The summed E-state index contributed by atoms with van der Waals surface area (Å²) in [5.41, 5.74) is 1.35. The second-order valence-electron chi connectivity index (χ2n) is 8.29. The Hall–Kier alpha value is -0.630. The number of rotatable bonds is 1. The lowest BCUT2D eigenvalue weighted by molar-refractivity contribution is -0.121. The Kier molecular flexibility index (Phi) is 7.33. The highest BCUT2D eigenvalue weighted by atomic mass is 16.3. The van der Waals surface area contributed by atoms with Gasteiger partial charge in [0.05, 0.1) is 6.10 Å². The van der Waals surface area contributed by atoms with E-state index < -0.39 is 0 Å². The summed E-state index contributed by atoms with van der Waals surface area (Å²) in [7, 11) is 0. The largest absolute Gasteiger partial charge is 0.393 e. The van der Waals surface area contributed by atoms with Gasteiger partial charge in [0.2, 0.25) is 0 Å². The molecule has 5 atom stereocenters. The number of carbonyl (C=O) groups excluding carboxylic acids is 1. The normalized spacial score (nSPS) is 37.6. The predicted molar refractivity (Wildman–Crippen MR) is 96.2 cm³/mol. The molecule has 2 nitrogen and oxygen atoms in total. The smallest absolute Gasteiger partial charge is 0.132 e. The van der Waals surface area contributed by atoms with E-state index in [1.807, 2.05) is 0 Å². The van der Waals surface area contributed by atoms with Crippen LogP contribution in [-0.2, 0) is 4.79 Å². The van der Waals surface area contributed by atoms with E-state index in [1.165, 1.54) is 31.3 Å². The highest BCUT2D eigenvalue weighted by Crippen LogP contribution is 2.39. The van der Waals surface area contributed by atoms with E-state index in [-0.39, 0.29) is 6.10 Å². The van der Waals surface area contributed by atoms with Crippen molar-refractivity contribution >= 4 is 5.78 Å². The van der Waals surface area contributed by atoms with Gasteiger partial charge in [0, 0.05) is 5.92 Å². The molecule has 2 aliphatic rings. The Bertz CT molecular complexity index is 412. The molecule has 0 radical (unpaired) electrons. The average molecular weight is 321 g/mol. The summed E-state index contributed by atoms with van der Waals surface area (Å²) >= 11 is 0. The van der Waals surface area contributed by atoms with Crippen molar-refractivity contribution < 1.29 is 9.90 Å². The van der Waals surface area contributed by atoms with Crippen LogP contribution in [0.15, 0.2) is 11.6 Å². The number of fused-ring (bicyclic) bond motifs is 1. The highest BCUT2D eigenvalue weighted by molar-refractivity contribution is 5.78. The summed E-state index contributed by atoms with van der Waals surface area (Å²) in [6, 6.07) is 0. The Morgan fingerprint density at radius 3 is 2.48 bits per heavy atom. The van der Waals surface area contributed by atoms with Crippen molar-refractivity contribution in [2.24, 2.45) is 23.7 Å². The van der Waals surface area contributed by atoms with Gasteiger partial charge >= 0.3 is 0 Å². The maximum absolute atomic E-state index is 11.8. The Labute approximate surface area is 142 Å². The summed E-state index contributed by atoms with van der Waals surface area (Å²) in [5.74, 6) is 2.92. The van der Waals surface area contributed by atoms with Crippen LogP contribution in [0.1, 0.15) is 85.0 Å². The molecule has 0 saturated heterocycles. The Morgan fingerprint density at radius 1 is 1.09 bits per heavy atom. The first-order chi connectivity index (χ1) is 11.0. The number of aliphatic hydroxyl groups excluding tert-OH is 1. The van der Waals surface area contributed by atoms with Gasteiger partial charge in [-0.15, -0.1) is 0 Å². The van der Waals surface area contributed by atoms with Crippen LogP contribution in [0.25, 0.3) is 0 Å². The van der Waals surface area contributed by atoms with Gasteiger partial charge in [-0.25, -0.2) is 0 Å². The maximum Gasteiger partial charge on any atom is 0.132 e. The van der Waals surface area contributed by atoms with Crippen molar-refractivity contribution in [2.75, 3.05) is 0 Å². The first-order valence-electron chi connectivity index (χ1n) is 9.81. The lowest BCUT2D eigenvalue weighted by Gasteiger charge is -2.32. The maximum atomic E-state index is 11.8. The Morgan fingerprint density at radius 2 is 1.78 bits per heavy atom. The number of carbonyl (C=O) groups is 1. The first-order valence-corrected chi connectivity index (χ1v) is 9.81. The minimum absolute atomic E-state index is 0.154. The van der Waals surface area contributed by atoms with Crippen molar-refractivity contribution in [3.63, 3.8) is 0 Å². The third-order valence-electron chi connectivity index (χ3n) is 6.42. The van der Waals surface area contributed by atoms with E-state index in [1.54, 1.807) is 6.92 Å². The third kappa shape index (κ3) is 5.74. The van der Waals surface area contributed by atoms with Crippen LogP contribution < -0.4 is 0 Å². The number of hydrogen-bond donors (Lipinski definition) is 1. The van der Waals surface area contributed by atoms with Gasteiger partial charge in [-0.1, -0.05) is 44.3 Å². The molecule has 0 amide bonds. The van der Waals surface area contributed by atoms with Gasteiger partial charge < -0.3 is 5.11 Å². The molecule has 2 rings (SSSR count). The molecule has 0 aliphatic heterocycles. The van der Waals surface area contributed by atoms with Gasteiger partial charge in [0.25, 0.3) is 0 Å². The molecule has 5 unspecified atom stereocenters. The summed E-state index contributed by atoms with van der Waals surface area (Å²) in [6.07, 6.45) is 13.4. The molecule has 1 saturated carbocycles. The fourth-order valence-corrected chi connectivity index (χ4v) is 4.83. The summed E-state index contributed by atoms with van der Waals surface area (Å²) in [6.45, 7) is 6.35. The number of aliphatic hydroxyl groups is 1. The molecular formula is C21H36O2. The van der Waals surface area contributed by atoms with Crippen LogP contribution in [0, 0.1) is 23.7 Å². The van der Waals surface area contributed by atoms with E-state index in [4.69, 9.17) is 0 Å². The summed E-state index contributed by atoms with van der Waals surface area (Å²) in [4.78, 5) is 11.8. The number of hydrogen-bond acceptors (Lipinski definition) is 2. The van der Waals surface area contributed by atoms with Crippen molar-refractivity contribution in [3.05, 3.63) is 11.6 Å². The van der Waals surface area contributed by atoms with Crippen LogP contribution in [0.2, 0.25) is 0 Å². The highest BCUT2D eigenvalue weighted by Gasteiger charge is 2.29. The van der Waals surface area contributed by atoms with Crippen molar-refractivity contribution in [1.82, 2.24) is 0 Å². The molecule has 2 heteroatoms. The fourth-order valence-electron chi connectivity index (χ4n) is 4.83. The molecule has 1 fully saturated rings. The van der Waals surface area contributed by atoms with E-state index >= 15 is 0 Å². The summed E-state index contributed by atoms with van der Waals surface area (Å²) < 4.78 is 0. The molecule has 23 heavy (non-hydrogen) atoms. The van der Waals surface area contributed by atoms with Crippen LogP contribution in [0.5, 0.6) is 0 Å². The van der Waals surface area contributed by atoms with E-state index in [0.29, 0.717) is 17.6 Å². The van der Waals surface area contributed by atoms with Crippen molar-refractivity contribution in [1.29, 1.82) is 0 Å². The molecule has 2 aliphatic carbocycles. The minimum atomic E-state index is -0.154. The molecular weight excluding hydrogens is 284 g/mol. The van der Waals surface area contributed by atoms with Crippen LogP contribution >= 0.6 is 0 Å². The topological polar surface area (TPSA) is 37.3 Å². The predicted octanol–water partition coefficient (Wildman–Crippen LogP) is 5.30. The zero-order valence-electron chi connectivity index (χ0n) is 15.4. The zero-order valence-corrected chi connectivity index (χ0v) is 15.4. The molecule has 132 valence electrons. The van der Waals surface area contributed by atoms with E-state index in [2.05, 4.69) is 19.9 Å². The third-order valence-corrected chi connectivity index (χ3v) is 6.42. The van der Waals surface area contributed by atoms with Gasteiger partial charge in [-0.3, -0.25) is 4.79 Å². The van der Waals surface area contributed by atoms with Crippen LogP contribution in [0.4, 0.5) is 0 Å². The monoisotopic (exact) mass is 320 g/mol. The SMILES string of the molecule is CC(=O)C1CCCC2CCCC(O)CC(C)=CCC2C(C)CC1. The fraction of sp³-hybridized carbons (Fsp3) is 0.857. The van der Waals surface area contributed by atoms with Crippen molar-refractivity contribution in [2.45, 2.75) is 91.1 Å². The number of ketones is 1. The first kappa shape index (κ1) is 18.7. The van der Waals surface area contributed by atoms with Gasteiger partial charge in [0.15, 0.2) is 0 Å². The second kappa shape index (κ2) is 9.01. The molecule has 0 bridgehead atoms. The molecule has 0 aromatic heterocycles. The van der Waals surface area contributed by atoms with Gasteiger partial charge in [0.1, 0.15) is 5.78 Å². The summed E-state index contributed by atoms with van der Waals surface area (Å²) in [5, 5.41) is 10.1. The van der Waals surface area contributed by atoms with E-state index in [0.717, 1.165) is 50.4 Å². The standard InChI is InChI=1S/C21H36O2/c1-15-10-13-21-16(2)11-12-18(17(3)22)6-4-7-19(21)8-5-9-20(23)14-15/h10,16,18-21,23H,4-9,11-14H2,1-3H3.